The third-order valence-corrected chi connectivity index (χ3v) is 10.5. The van der Waals surface area contributed by atoms with E-state index in [4.69, 9.17) is 4.42 Å². The minimum Gasteiger partial charge on any atom is -0.455 e. The Labute approximate surface area is 314 Å². The number of furan rings is 1. The van der Waals surface area contributed by atoms with Crippen LogP contribution in [0.15, 0.2) is 217 Å². The first kappa shape index (κ1) is 31.6. The van der Waals surface area contributed by atoms with Gasteiger partial charge in [0.05, 0.1) is 0 Å². The SMILES string of the molecule is c1ccc(-c2ccc(N(c3ccc(-c4ccccc4)cc3)c3ccc(-c4cc5c(oc6cccc(-c7ccccc7)c65)c5ccccc45)cc3)cc2)cc1. The lowest BCUT2D eigenvalue weighted by Crippen LogP contribution is -2.09. The molecule has 0 saturated carbocycles. The number of hydrogen-bond donors (Lipinski definition) is 0. The molecule has 1 aromatic heterocycles. The average Bonchev–Trinajstić information content (AvgIpc) is 3.64. The molecule has 0 aliphatic heterocycles. The van der Waals surface area contributed by atoms with E-state index in [1.807, 2.05) is 0 Å². The number of hydrogen-bond acceptors (Lipinski definition) is 2. The van der Waals surface area contributed by atoms with E-state index in [2.05, 4.69) is 217 Å². The summed E-state index contributed by atoms with van der Waals surface area (Å²) < 4.78 is 6.63. The highest BCUT2D eigenvalue weighted by Crippen LogP contribution is 2.44. The van der Waals surface area contributed by atoms with Crippen molar-refractivity contribution in [2.24, 2.45) is 0 Å². The number of anilines is 3. The van der Waals surface area contributed by atoms with Gasteiger partial charge in [0.15, 0.2) is 0 Å². The van der Waals surface area contributed by atoms with Crippen LogP contribution in [0.1, 0.15) is 0 Å². The summed E-state index contributed by atoms with van der Waals surface area (Å²) in [6, 6.07) is 75.7. The van der Waals surface area contributed by atoms with Crippen LogP contribution in [-0.4, -0.2) is 0 Å². The van der Waals surface area contributed by atoms with Crippen LogP contribution in [0.3, 0.4) is 0 Å². The van der Waals surface area contributed by atoms with E-state index < -0.39 is 0 Å². The third-order valence-electron chi connectivity index (χ3n) is 10.5. The van der Waals surface area contributed by atoms with Gasteiger partial charge >= 0.3 is 0 Å². The van der Waals surface area contributed by atoms with Gasteiger partial charge in [0.25, 0.3) is 0 Å². The quantitative estimate of drug-likeness (QED) is 0.166. The van der Waals surface area contributed by atoms with E-state index in [-0.39, 0.29) is 0 Å². The van der Waals surface area contributed by atoms with E-state index in [1.165, 1.54) is 44.3 Å². The lowest BCUT2D eigenvalue weighted by molar-refractivity contribution is 0.673. The fourth-order valence-corrected chi connectivity index (χ4v) is 7.85. The van der Waals surface area contributed by atoms with E-state index in [1.54, 1.807) is 0 Å². The molecule has 9 aromatic carbocycles. The zero-order valence-electron chi connectivity index (χ0n) is 29.6. The smallest absolute Gasteiger partial charge is 0.143 e. The number of fused-ring (bicyclic) bond motifs is 5. The Hall–Kier alpha value is -7.16. The molecule has 54 heavy (non-hydrogen) atoms. The molecule has 0 bridgehead atoms. The molecule has 0 aliphatic carbocycles. The minimum absolute atomic E-state index is 0.899. The third kappa shape index (κ3) is 5.62. The Balaban J connectivity index is 1.09. The molecule has 254 valence electrons. The van der Waals surface area contributed by atoms with Gasteiger partial charge in [-0.3, -0.25) is 0 Å². The van der Waals surface area contributed by atoms with Gasteiger partial charge in [0.2, 0.25) is 0 Å². The summed E-state index contributed by atoms with van der Waals surface area (Å²) in [5.41, 5.74) is 14.6. The molecule has 0 aliphatic rings. The normalized spacial score (nSPS) is 11.3. The molecule has 0 spiro atoms. The molecule has 0 fully saturated rings. The van der Waals surface area contributed by atoms with E-state index in [0.29, 0.717) is 0 Å². The second-order valence-electron chi connectivity index (χ2n) is 13.7. The average molecular weight is 690 g/mol. The maximum absolute atomic E-state index is 6.63. The first-order valence-corrected chi connectivity index (χ1v) is 18.4. The molecule has 0 amide bonds. The lowest BCUT2D eigenvalue weighted by Gasteiger charge is -2.26. The Morgan fingerprint density at radius 1 is 0.296 bits per heavy atom. The number of rotatable bonds is 7. The highest BCUT2D eigenvalue weighted by Gasteiger charge is 2.19. The van der Waals surface area contributed by atoms with E-state index in [9.17, 15) is 0 Å². The van der Waals surface area contributed by atoms with Crippen molar-refractivity contribution >= 4 is 49.8 Å². The minimum atomic E-state index is 0.899. The lowest BCUT2D eigenvalue weighted by atomic mass is 9.93. The van der Waals surface area contributed by atoms with Gasteiger partial charge in [-0.15, -0.1) is 0 Å². The van der Waals surface area contributed by atoms with Crippen LogP contribution in [0.5, 0.6) is 0 Å². The predicted molar refractivity (Wildman–Crippen MR) is 228 cm³/mol. The van der Waals surface area contributed by atoms with Crippen LogP contribution in [-0.2, 0) is 0 Å². The van der Waals surface area contributed by atoms with Crippen molar-refractivity contribution in [3.63, 3.8) is 0 Å². The van der Waals surface area contributed by atoms with Crippen LogP contribution >= 0.6 is 0 Å². The largest absolute Gasteiger partial charge is 0.455 e. The number of benzene rings is 9. The Morgan fingerprint density at radius 3 is 1.26 bits per heavy atom. The molecule has 0 atom stereocenters. The Morgan fingerprint density at radius 2 is 0.722 bits per heavy atom. The van der Waals surface area contributed by atoms with Crippen LogP contribution in [0.2, 0.25) is 0 Å². The summed E-state index contributed by atoms with van der Waals surface area (Å²) in [6.07, 6.45) is 0. The van der Waals surface area contributed by atoms with Gasteiger partial charge in [-0.05, 0) is 98.4 Å². The molecule has 2 heteroatoms. The van der Waals surface area contributed by atoms with Crippen LogP contribution in [0.25, 0.3) is 77.2 Å². The predicted octanol–water partition coefficient (Wildman–Crippen LogP) is 14.9. The summed E-state index contributed by atoms with van der Waals surface area (Å²) in [5.74, 6) is 0. The monoisotopic (exact) mass is 689 g/mol. The standard InChI is InChI=1S/C52H35NO/c1-4-13-36(14-5-1)38-23-29-42(30-24-38)53(43-31-25-39(26-32-43)37-15-6-2-7-16-37)44-33-27-41(28-34-44)48-35-49-51-45(40-17-8-3-9-18-40)21-12-22-50(51)54-52(49)47-20-11-10-19-46(47)48/h1-35H. The van der Waals surface area contributed by atoms with Crippen molar-refractivity contribution < 1.29 is 4.42 Å². The highest BCUT2D eigenvalue weighted by molar-refractivity contribution is 6.22. The summed E-state index contributed by atoms with van der Waals surface area (Å²) in [6.45, 7) is 0. The second kappa shape index (κ2) is 13.4. The first-order valence-electron chi connectivity index (χ1n) is 18.4. The molecule has 0 radical (unpaired) electrons. The summed E-state index contributed by atoms with van der Waals surface area (Å²) in [5, 5.41) is 4.55. The molecule has 0 N–H and O–H groups in total. The molecule has 10 aromatic rings. The van der Waals surface area contributed by atoms with Crippen molar-refractivity contribution in [1.29, 1.82) is 0 Å². The summed E-state index contributed by atoms with van der Waals surface area (Å²) in [4.78, 5) is 2.34. The summed E-state index contributed by atoms with van der Waals surface area (Å²) >= 11 is 0. The van der Waals surface area contributed by atoms with Gasteiger partial charge in [-0.2, -0.15) is 0 Å². The van der Waals surface area contributed by atoms with Crippen molar-refractivity contribution in [3.8, 4) is 44.5 Å². The Kier molecular flexibility index (Phi) is 7.85. The fraction of sp³-hybridized carbons (Fsp3) is 0. The molecular formula is C52H35NO. The first-order chi connectivity index (χ1) is 26.8. The van der Waals surface area contributed by atoms with Crippen LogP contribution in [0.4, 0.5) is 17.1 Å². The van der Waals surface area contributed by atoms with Crippen molar-refractivity contribution in [2.45, 2.75) is 0 Å². The van der Waals surface area contributed by atoms with Crippen molar-refractivity contribution in [2.75, 3.05) is 4.90 Å². The van der Waals surface area contributed by atoms with Crippen LogP contribution < -0.4 is 4.90 Å². The maximum Gasteiger partial charge on any atom is 0.143 e. The molecule has 0 saturated heterocycles. The van der Waals surface area contributed by atoms with Gasteiger partial charge in [-0.25, -0.2) is 0 Å². The molecule has 10 rings (SSSR count). The van der Waals surface area contributed by atoms with Gasteiger partial charge in [0.1, 0.15) is 11.2 Å². The zero-order valence-corrected chi connectivity index (χ0v) is 29.6. The molecular weight excluding hydrogens is 655 g/mol. The fourth-order valence-electron chi connectivity index (χ4n) is 7.85. The van der Waals surface area contributed by atoms with E-state index in [0.717, 1.165) is 50.0 Å². The van der Waals surface area contributed by atoms with Gasteiger partial charge in [-0.1, -0.05) is 164 Å². The molecule has 2 nitrogen and oxygen atoms in total. The highest BCUT2D eigenvalue weighted by atomic mass is 16.3. The zero-order chi connectivity index (χ0) is 35.8. The van der Waals surface area contributed by atoms with Crippen molar-refractivity contribution in [3.05, 3.63) is 212 Å². The number of nitrogens with zero attached hydrogens (tertiary/aromatic N) is 1. The molecule has 0 unspecified atom stereocenters. The van der Waals surface area contributed by atoms with Crippen molar-refractivity contribution in [1.82, 2.24) is 0 Å². The second-order valence-corrected chi connectivity index (χ2v) is 13.7. The topological polar surface area (TPSA) is 16.4 Å². The van der Waals surface area contributed by atoms with Crippen LogP contribution in [0, 0.1) is 0 Å². The maximum atomic E-state index is 6.63. The molecule has 1 heterocycles. The Bertz CT molecular complexity index is 2790. The van der Waals surface area contributed by atoms with Gasteiger partial charge < -0.3 is 9.32 Å². The summed E-state index contributed by atoms with van der Waals surface area (Å²) in [7, 11) is 0. The van der Waals surface area contributed by atoms with E-state index >= 15 is 0 Å². The van der Waals surface area contributed by atoms with Gasteiger partial charge in [0, 0.05) is 33.2 Å².